The van der Waals surface area contributed by atoms with Gasteiger partial charge in [-0.3, -0.25) is 14.9 Å². The Kier molecular flexibility index (Phi) is 4.22. The van der Waals surface area contributed by atoms with Gasteiger partial charge in [-0.05, 0) is 37.8 Å². The fraction of sp³-hybridized carbons (Fsp3) is 0.500. The lowest BCUT2D eigenvalue weighted by atomic mass is 10.1. The van der Waals surface area contributed by atoms with E-state index in [1.54, 1.807) is 24.1 Å². The molecule has 1 N–H and O–H groups in total. The van der Waals surface area contributed by atoms with Gasteiger partial charge in [-0.1, -0.05) is 0 Å². The van der Waals surface area contributed by atoms with E-state index in [1.807, 2.05) is 6.92 Å². The monoisotopic (exact) mass is 277 g/mol. The van der Waals surface area contributed by atoms with E-state index in [4.69, 9.17) is 0 Å². The van der Waals surface area contributed by atoms with Crippen LogP contribution in [0.5, 0.6) is 0 Å². The summed E-state index contributed by atoms with van der Waals surface area (Å²) in [5.41, 5.74) is 0.748. The van der Waals surface area contributed by atoms with E-state index < -0.39 is 4.92 Å². The van der Waals surface area contributed by atoms with Crippen molar-refractivity contribution in [1.29, 1.82) is 0 Å². The zero-order valence-electron chi connectivity index (χ0n) is 11.8. The van der Waals surface area contributed by atoms with Gasteiger partial charge in [0.2, 0.25) is 0 Å². The number of carbonyl (C=O) groups excluding carboxylic acids is 1. The smallest absolute Gasteiger partial charge is 0.293 e. The number of rotatable bonds is 6. The molecule has 20 heavy (non-hydrogen) atoms. The molecule has 1 amide bonds. The summed E-state index contributed by atoms with van der Waals surface area (Å²) < 4.78 is 0. The number of hydrogen-bond donors (Lipinski definition) is 1. The molecule has 2 rings (SSSR count). The number of anilines is 1. The highest BCUT2D eigenvalue weighted by molar-refractivity contribution is 5.95. The second-order valence-corrected chi connectivity index (χ2v) is 5.15. The molecule has 1 aliphatic carbocycles. The summed E-state index contributed by atoms with van der Waals surface area (Å²) in [5, 5.41) is 14.0. The third-order valence-corrected chi connectivity index (χ3v) is 3.38. The van der Waals surface area contributed by atoms with E-state index in [2.05, 4.69) is 5.32 Å². The molecule has 0 aromatic heterocycles. The third kappa shape index (κ3) is 3.26. The van der Waals surface area contributed by atoms with E-state index in [1.165, 1.54) is 6.07 Å². The van der Waals surface area contributed by atoms with Gasteiger partial charge >= 0.3 is 0 Å². The summed E-state index contributed by atoms with van der Waals surface area (Å²) in [5.74, 6) is 0.433. The number of hydrogen-bond acceptors (Lipinski definition) is 4. The SMILES string of the molecule is CCNc1ccc(C(=O)N(C)CC2CC2)cc1[N+](=O)[O-]. The standard InChI is InChI=1S/C14H19N3O3/c1-3-15-12-7-6-11(8-13(12)17(19)20)14(18)16(2)9-10-4-5-10/h6-8,10,15H,3-5,9H2,1-2H3. The number of carbonyl (C=O) groups is 1. The molecule has 1 aromatic carbocycles. The molecule has 1 fully saturated rings. The van der Waals surface area contributed by atoms with Crippen LogP contribution in [0.25, 0.3) is 0 Å². The molecule has 0 bridgehead atoms. The largest absolute Gasteiger partial charge is 0.380 e. The van der Waals surface area contributed by atoms with Crippen LogP contribution in [0.1, 0.15) is 30.1 Å². The van der Waals surface area contributed by atoms with Crippen LogP contribution in [0, 0.1) is 16.0 Å². The maximum atomic E-state index is 12.2. The van der Waals surface area contributed by atoms with Crippen LogP contribution < -0.4 is 5.32 Å². The van der Waals surface area contributed by atoms with E-state index in [-0.39, 0.29) is 11.6 Å². The van der Waals surface area contributed by atoms with E-state index in [0.717, 1.165) is 19.4 Å². The van der Waals surface area contributed by atoms with Gasteiger partial charge in [0.05, 0.1) is 4.92 Å². The van der Waals surface area contributed by atoms with Crippen molar-refractivity contribution in [2.24, 2.45) is 5.92 Å². The van der Waals surface area contributed by atoms with Crippen molar-refractivity contribution in [3.05, 3.63) is 33.9 Å². The molecule has 6 heteroatoms. The second-order valence-electron chi connectivity index (χ2n) is 5.15. The Bertz CT molecular complexity index is 526. The quantitative estimate of drug-likeness (QED) is 0.640. The van der Waals surface area contributed by atoms with Crippen LogP contribution in [0.2, 0.25) is 0 Å². The summed E-state index contributed by atoms with van der Waals surface area (Å²) in [4.78, 5) is 24.5. The second kappa shape index (κ2) is 5.90. The van der Waals surface area contributed by atoms with Gasteiger partial charge in [-0.2, -0.15) is 0 Å². The summed E-state index contributed by atoms with van der Waals surface area (Å²) in [6, 6.07) is 4.58. The minimum atomic E-state index is -0.463. The number of nitro groups is 1. The lowest BCUT2D eigenvalue weighted by molar-refractivity contribution is -0.384. The van der Waals surface area contributed by atoms with Gasteiger partial charge in [-0.25, -0.2) is 0 Å². The van der Waals surface area contributed by atoms with Crippen molar-refractivity contribution in [3.63, 3.8) is 0 Å². The Morgan fingerprint density at radius 3 is 2.75 bits per heavy atom. The predicted octanol–water partition coefficient (Wildman–Crippen LogP) is 2.51. The molecule has 0 radical (unpaired) electrons. The van der Waals surface area contributed by atoms with Crippen LogP contribution >= 0.6 is 0 Å². The van der Waals surface area contributed by atoms with Crippen molar-refractivity contribution in [2.45, 2.75) is 19.8 Å². The minimum absolute atomic E-state index is 0.0579. The van der Waals surface area contributed by atoms with Gasteiger partial charge < -0.3 is 10.2 Å². The molecule has 0 spiro atoms. The summed E-state index contributed by atoms with van der Waals surface area (Å²) >= 11 is 0. The summed E-state index contributed by atoms with van der Waals surface area (Å²) in [7, 11) is 1.74. The number of nitrogens with zero attached hydrogens (tertiary/aromatic N) is 2. The van der Waals surface area contributed by atoms with Crippen molar-refractivity contribution in [1.82, 2.24) is 4.90 Å². The first-order valence-electron chi connectivity index (χ1n) is 6.80. The van der Waals surface area contributed by atoms with Crippen LogP contribution in [0.3, 0.4) is 0 Å². The van der Waals surface area contributed by atoms with Crippen molar-refractivity contribution >= 4 is 17.3 Å². The molecule has 0 saturated heterocycles. The summed E-state index contributed by atoms with van der Waals surface area (Å²) in [6.07, 6.45) is 2.33. The van der Waals surface area contributed by atoms with E-state index in [9.17, 15) is 14.9 Å². The van der Waals surface area contributed by atoms with Crippen LogP contribution in [-0.2, 0) is 0 Å². The van der Waals surface area contributed by atoms with Crippen molar-refractivity contribution in [2.75, 3.05) is 25.5 Å². The molecular formula is C14H19N3O3. The maximum absolute atomic E-state index is 12.2. The van der Waals surface area contributed by atoms with E-state index in [0.29, 0.717) is 23.7 Å². The van der Waals surface area contributed by atoms with Gasteiger partial charge in [0.25, 0.3) is 11.6 Å². The highest BCUT2D eigenvalue weighted by atomic mass is 16.6. The molecule has 1 aliphatic rings. The fourth-order valence-electron chi connectivity index (χ4n) is 2.15. The normalized spacial score (nSPS) is 13.9. The predicted molar refractivity (Wildman–Crippen MR) is 76.9 cm³/mol. The molecule has 108 valence electrons. The zero-order chi connectivity index (χ0) is 14.7. The first kappa shape index (κ1) is 14.3. The number of amides is 1. The maximum Gasteiger partial charge on any atom is 0.293 e. The molecule has 0 heterocycles. The molecule has 0 unspecified atom stereocenters. The molecule has 0 aliphatic heterocycles. The average Bonchev–Trinajstić information content (AvgIpc) is 3.22. The van der Waals surface area contributed by atoms with Gasteiger partial charge in [0.1, 0.15) is 5.69 Å². The lowest BCUT2D eigenvalue weighted by Gasteiger charge is -2.17. The minimum Gasteiger partial charge on any atom is -0.380 e. The number of nitrogens with one attached hydrogen (secondary N) is 1. The number of nitro benzene ring substituents is 1. The Balaban J connectivity index is 2.20. The molecule has 1 saturated carbocycles. The van der Waals surface area contributed by atoms with Crippen LogP contribution in [0.4, 0.5) is 11.4 Å². The van der Waals surface area contributed by atoms with Gasteiger partial charge in [-0.15, -0.1) is 0 Å². The first-order chi connectivity index (χ1) is 9.52. The molecule has 0 atom stereocenters. The lowest BCUT2D eigenvalue weighted by Crippen LogP contribution is -2.28. The first-order valence-corrected chi connectivity index (χ1v) is 6.80. The summed E-state index contributed by atoms with van der Waals surface area (Å²) in [6.45, 7) is 3.18. The third-order valence-electron chi connectivity index (χ3n) is 3.38. The van der Waals surface area contributed by atoms with E-state index >= 15 is 0 Å². The molecule has 6 nitrogen and oxygen atoms in total. The Labute approximate surface area is 117 Å². The Hall–Kier alpha value is -2.11. The van der Waals surface area contributed by atoms with Crippen molar-refractivity contribution in [3.8, 4) is 0 Å². The highest BCUT2D eigenvalue weighted by Crippen LogP contribution is 2.30. The average molecular weight is 277 g/mol. The Morgan fingerprint density at radius 1 is 1.50 bits per heavy atom. The molecular weight excluding hydrogens is 258 g/mol. The zero-order valence-corrected chi connectivity index (χ0v) is 11.8. The Morgan fingerprint density at radius 2 is 2.20 bits per heavy atom. The van der Waals surface area contributed by atoms with Crippen molar-refractivity contribution < 1.29 is 9.72 Å². The van der Waals surface area contributed by atoms with Crippen LogP contribution in [0.15, 0.2) is 18.2 Å². The topological polar surface area (TPSA) is 75.5 Å². The molecule has 1 aromatic rings. The highest BCUT2D eigenvalue weighted by Gasteiger charge is 2.26. The fourth-order valence-corrected chi connectivity index (χ4v) is 2.15. The number of benzene rings is 1. The van der Waals surface area contributed by atoms with Gasteiger partial charge in [0.15, 0.2) is 0 Å². The van der Waals surface area contributed by atoms with Gasteiger partial charge in [0, 0.05) is 31.8 Å². The van der Waals surface area contributed by atoms with Crippen LogP contribution in [-0.4, -0.2) is 35.9 Å².